The zero-order valence-corrected chi connectivity index (χ0v) is 16.1. The van der Waals surface area contributed by atoms with Crippen LogP contribution in [0.25, 0.3) is 11.4 Å². The van der Waals surface area contributed by atoms with Gasteiger partial charge in [0.25, 0.3) is 0 Å². The predicted octanol–water partition coefficient (Wildman–Crippen LogP) is 3.82. The summed E-state index contributed by atoms with van der Waals surface area (Å²) in [5.41, 5.74) is 3.06. The van der Waals surface area contributed by atoms with Crippen LogP contribution in [-0.2, 0) is 17.9 Å². The van der Waals surface area contributed by atoms with Crippen LogP contribution in [0.3, 0.4) is 0 Å². The van der Waals surface area contributed by atoms with Crippen LogP contribution < -0.4 is 5.32 Å². The van der Waals surface area contributed by atoms with Crippen molar-refractivity contribution in [1.82, 2.24) is 25.5 Å². The van der Waals surface area contributed by atoms with Crippen LogP contribution >= 0.6 is 11.6 Å². The quantitative estimate of drug-likeness (QED) is 0.673. The first-order chi connectivity index (χ1) is 13.0. The lowest BCUT2D eigenvalue weighted by Gasteiger charge is -2.06. The van der Waals surface area contributed by atoms with Crippen molar-refractivity contribution in [3.8, 4) is 11.4 Å². The van der Waals surface area contributed by atoms with Crippen molar-refractivity contribution in [3.05, 3.63) is 64.7 Å². The highest BCUT2D eigenvalue weighted by atomic mass is 35.5. The normalized spacial score (nSPS) is 11.0. The van der Waals surface area contributed by atoms with Gasteiger partial charge in [0.2, 0.25) is 11.7 Å². The predicted molar refractivity (Wildman–Crippen MR) is 105 cm³/mol. The van der Waals surface area contributed by atoms with E-state index in [9.17, 15) is 4.79 Å². The number of rotatable bonds is 7. The Morgan fingerprint density at radius 1 is 1.15 bits per heavy atom. The Morgan fingerprint density at radius 2 is 1.89 bits per heavy atom. The maximum absolute atomic E-state index is 12.0. The summed E-state index contributed by atoms with van der Waals surface area (Å²) in [4.78, 5) is 13.5. The first-order valence-corrected chi connectivity index (χ1v) is 9.29. The maximum Gasteiger partial charge on any atom is 0.222 e. The van der Waals surface area contributed by atoms with Gasteiger partial charge in [0.15, 0.2) is 0 Å². The van der Waals surface area contributed by atoms with E-state index in [4.69, 9.17) is 11.6 Å². The number of halogens is 1. The Balaban J connectivity index is 1.52. The standard InChI is InChI=1S/C20H22ClN5O/c1-14(2)15-7-9-16(10-8-15)20-23-25-26(24-20)12-11-19(27)22-13-17-5-3-4-6-18(17)21/h3-10,14H,11-13H2,1-2H3,(H,22,27). The molecule has 0 spiro atoms. The fourth-order valence-electron chi connectivity index (χ4n) is 2.60. The summed E-state index contributed by atoms with van der Waals surface area (Å²) in [6.07, 6.45) is 0.270. The van der Waals surface area contributed by atoms with Crippen LogP contribution in [0, 0.1) is 0 Å². The van der Waals surface area contributed by atoms with E-state index < -0.39 is 0 Å². The molecule has 1 heterocycles. The number of benzene rings is 2. The van der Waals surface area contributed by atoms with E-state index in [2.05, 4.69) is 46.7 Å². The monoisotopic (exact) mass is 383 g/mol. The fraction of sp³-hybridized carbons (Fsp3) is 0.300. The summed E-state index contributed by atoms with van der Waals surface area (Å²) in [5, 5.41) is 16.0. The van der Waals surface area contributed by atoms with E-state index in [-0.39, 0.29) is 12.3 Å². The number of nitrogens with zero attached hydrogens (tertiary/aromatic N) is 4. The molecule has 0 saturated carbocycles. The molecule has 0 saturated heterocycles. The molecule has 1 aromatic heterocycles. The number of aryl methyl sites for hydroxylation is 1. The molecule has 3 aromatic rings. The molecule has 0 fully saturated rings. The molecule has 0 aliphatic heterocycles. The van der Waals surface area contributed by atoms with Gasteiger partial charge in [-0.25, -0.2) is 0 Å². The number of carbonyl (C=O) groups is 1. The lowest BCUT2D eigenvalue weighted by atomic mass is 10.0. The van der Waals surface area contributed by atoms with Gasteiger partial charge in [-0.3, -0.25) is 4.79 Å². The number of aromatic nitrogens is 4. The second-order valence-corrected chi connectivity index (χ2v) is 7.01. The van der Waals surface area contributed by atoms with Crippen molar-refractivity contribution >= 4 is 17.5 Å². The number of hydrogen-bond donors (Lipinski definition) is 1. The molecule has 0 bridgehead atoms. The van der Waals surface area contributed by atoms with Gasteiger partial charge in [-0.15, -0.1) is 10.2 Å². The average molecular weight is 384 g/mol. The summed E-state index contributed by atoms with van der Waals surface area (Å²) in [6.45, 7) is 5.07. The van der Waals surface area contributed by atoms with E-state index in [1.165, 1.54) is 10.4 Å². The molecule has 2 aromatic carbocycles. The maximum atomic E-state index is 12.0. The van der Waals surface area contributed by atoms with Gasteiger partial charge in [0.1, 0.15) is 0 Å². The zero-order chi connectivity index (χ0) is 19.2. The Bertz CT molecular complexity index is 905. The van der Waals surface area contributed by atoms with Crippen LogP contribution in [0.15, 0.2) is 48.5 Å². The summed E-state index contributed by atoms with van der Waals surface area (Å²) >= 11 is 6.08. The van der Waals surface area contributed by atoms with Gasteiger partial charge in [0.05, 0.1) is 6.54 Å². The lowest BCUT2D eigenvalue weighted by molar-refractivity contribution is -0.121. The molecule has 27 heavy (non-hydrogen) atoms. The molecule has 1 N–H and O–H groups in total. The fourth-order valence-corrected chi connectivity index (χ4v) is 2.80. The van der Waals surface area contributed by atoms with Crippen molar-refractivity contribution in [2.45, 2.75) is 39.3 Å². The van der Waals surface area contributed by atoms with Gasteiger partial charge >= 0.3 is 0 Å². The molecular weight excluding hydrogens is 362 g/mol. The summed E-state index contributed by atoms with van der Waals surface area (Å²) in [6, 6.07) is 15.6. The zero-order valence-electron chi connectivity index (χ0n) is 15.4. The van der Waals surface area contributed by atoms with Crippen molar-refractivity contribution in [1.29, 1.82) is 0 Å². The van der Waals surface area contributed by atoms with Crippen LogP contribution in [-0.4, -0.2) is 26.1 Å². The molecule has 0 unspecified atom stereocenters. The second kappa shape index (κ2) is 8.77. The van der Waals surface area contributed by atoms with Crippen LogP contribution in [0.5, 0.6) is 0 Å². The summed E-state index contributed by atoms with van der Waals surface area (Å²) < 4.78 is 0. The number of nitrogens with one attached hydrogen (secondary N) is 1. The lowest BCUT2D eigenvalue weighted by Crippen LogP contribution is -2.24. The first kappa shape index (κ1) is 19.0. The molecule has 3 rings (SSSR count). The summed E-state index contributed by atoms with van der Waals surface area (Å²) in [5.74, 6) is 0.948. The molecule has 0 radical (unpaired) electrons. The highest BCUT2D eigenvalue weighted by Crippen LogP contribution is 2.19. The largest absolute Gasteiger partial charge is 0.352 e. The minimum atomic E-state index is -0.0879. The molecule has 0 aliphatic carbocycles. The van der Waals surface area contributed by atoms with Crippen LogP contribution in [0.1, 0.15) is 37.3 Å². The molecule has 6 nitrogen and oxygen atoms in total. The summed E-state index contributed by atoms with van der Waals surface area (Å²) in [7, 11) is 0. The van der Waals surface area contributed by atoms with Crippen LogP contribution in [0.4, 0.5) is 0 Å². The number of carbonyl (C=O) groups excluding carboxylic acids is 1. The highest BCUT2D eigenvalue weighted by molar-refractivity contribution is 6.31. The van der Waals surface area contributed by atoms with Gasteiger partial charge in [0, 0.05) is 23.6 Å². The topological polar surface area (TPSA) is 72.7 Å². The first-order valence-electron chi connectivity index (χ1n) is 8.91. The van der Waals surface area contributed by atoms with Gasteiger partial charge in [-0.05, 0) is 28.3 Å². The molecule has 0 aliphatic rings. The third kappa shape index (κ3) is 5.14. The second-order valence-electron chi connectivity index (χ2n) is 6.60. The third-order valence-electron chi connectivity index (χ3n) is 4.26. The van der Waals surface area contributed by atoms with E-state index >= 15 is 0 Å². The van der Waals surface area contributed by atoms with E-state index in [0.29, 0.717) is 29.9 Å². The van der Waals surface area contributed by atoms with Crippen LogP contribution in [0.2, 0.25) is 5.02 Å². The molecular formula is C20H22ClN5O. The molecule has 1 amide bonds. The van der Waals surface area contributed by atoms with Gasteiger partial charge in [-0.2, -0.15) is 4.80 Å². The molecule has 7 heteroatoms. The Hall–Kier alpha value is -2.73. The highest BCUT2D eigenvalue weighted by Gasteiger charge is 2.09. The molecule has 140 valence electrons. The Morgan fingerprint density at radius 3 is 2.59 bits per heavy atom. The van der Waals surface area contributed by atoms with Crippen molar-refractivity contribution in [2.24, 2.45) is 0 Å². The Labute approximate surface area is 163 Å². The number of amides is 1. The average Bonchev–Trinajstić information content (AvgIpc) is 3.15. The smallest absolute Gasteiger partial charge is 0.222 e. The van der Waals surface area contributed by atoms with Crippen molar-refractivity contribution in [3.63, 3.8) is 0 Å². The Kier molecular flexibility index (Phi) is 6.19. The number of tetrazole rings is 1. The van der Waals surface area contributed by atoms with E-state index in [0.717, 1.165) is 11.1 Å². The SMILES string of the molecule is CC(C)c1ccc(-c2nnn(CCC(=O)NCc3ccccc3Cl)n2)cc1. The van der Waals surface area contributed by atoms with Crippen molar-refractivity contribution < 1.29 is 4.79 Å². The van der Waals surface area contributed by atoms with Crippen molar-refractivity contribution in [2.75, 3.05) is 0 Å². The molecule has 0 atom stereocenters. The van der Waals surface area contributed by atoms with Gasteiger partial charge in [-0.1, -0.05) is 67.9 Å². The van der Waals surface area contributed by atoms with E-state index in [1.54, 1.807) is 6.07 Å². The minimum absolute atomic E-state index is 0.0879. The minimum Gasteiger partial charge on any atom is -0.352 e. The van der Waals surface area contributed by atoms with Gasteiger partial charge < -0.3 is 5.32 Å². The number of hydrogen-bond acceptors (Lipinski definition) is 4. The third-order valence-corrected chi connectivity index (χ3v) is 4.63. The van der Waals surface area contributed by atoms with E-state index in [1.807, 2.05) is 30.3 Å².